The molecule has 112 valence electrons. The van der Waals surface area contributed by atoms with Crippen LogP contribution in [0.5, 0.6) is 0 Å². The number of ether oxygens (including phenoxy) is 1. The molecule has 0 fully saturated rings. The number of nitrogens with zero attached hydrogens (tertiary/aromatic N) is 1. The highest BCUT2D eigenvalue weighted by atomic mass is 32.1. The van der Waals surface area contributed by atoms with Crippen molar-refractivity contribution in [2.24, 2.45) is 5.41 Å². The largest absolute Gasteiger partial charge is 0.481 e. The number of nitriles is 1. The topological polar surface area (TPSA) is 90.6 Å². The molecule has 1 aromatic rings. The number of aliphatic hydroxyl groups is 1. The molecule has 6 heteroatoms. The molecule has 2 N–H and O–H groups in total. The Balaban J connectivity index is 3.00. The molecule has 1 aromatic carbocycles. The van der Waals surface area contributed by atoms with Crippen molar-refractivity contribution in [3.63, 3.8) is 0 Å². The fourth-order valence-electron chi connectivity index (χ4n) is 1.89. The highest BCUT2D eigenvalue weighted by Gasteiger charge is 2.36. The van der Waals surface area contributed by atoms with E-state index in [9.17, 15) is 10.1 Å². The first kappa shape index (κ1) is 17.2. The molecule has 0 aliphatic rings. The number of aliphatic carboxylic acids is 1. The zero-order valence-corrected chi connectivity index (χ0v) is 12.3. The molecule has 1 unspecified atom stereocenters. The number of hydrogen-bond donors (Lipinski definition) is 2. The third-order valence-corrected chi connectivity index (χ3v) is 3.66. The Kier molecular flexibility index (Phi) is 6.96. The third-order valence-electron chi connectivity index (χ3n) is 3.03. The lowest BCUT2D eigenvalue weighted by Gasteiger charge is -2.27. The van der Waals surface area contributed by atoms with E-state index in [4.69, 9.17) is 27.2 Å². The summed E-state index contributed by atoms with van der Waals surface area (Å²) in [4.78, 5) is 11.2. The standard InChI is InChI=1S/C15H17NO4S/c16-10-15(7-6-13(18)19,11-20-9-8-17)14(21)12-4-2-1-3-5-12/h1-5,17H,6-9,11H2,(H,18,19). The Morgan fingerprint density at radius 2 is 2.05 bits per heavy atom. The van der Waals surface area contributed by atoms with Crippen molar-refractivity contribution in [3.8, 4) is 6.07 Å². The van der Waals surface area contributed by atoms with Gasteiger partial charge in [0.1, 0.15) is 5.41 Å². The second-order valence-corrected chi connectivity index (χ2v) is 4.97. The number of hydrogen-bond acceptors (Lipinski definition) is 5. The van der Waals surface area contributed by atoms with Crippen LogP contribution in [0.4, 0.5) is 0 Å². The van der Waals surface area contributed by atoms with Crippen LogP contribution in [0, 0.1) is 16.7 Å². The molecule has 1 atom stereocenters. The van der Waals surface area contributed by atoms with Gasteiger partial charge < -0.3 is 14.9 Å². The molecule has 0 saturated carbocycles. The van der Waals surface area contributed by atoms with Crippen molar-refractivity contribution in [1.82, 2.24) is 0 Å². The van der Waals surface area contributed by atoms with E-state index in [1.54, 1.807) is 24.3 Å². The van der Waals surface area contributed by atoms with Crippen LogP contribution in [0.1, 0.15) is 18.4 Å². The Bertz CT molecular complexity index is 526. The van der Waals surface area contributed by atoms with E-state index < -0.39 is 11.4 Å². The summed E-state index contributed by atoms with van der Waals surface area (Å²) in [5, 5.41) is 27.2. The number of aliphatic hydroxyl groups excluding tert-OH is 1. The van der Waals surface area contributed by atoms with E-state index in [0.717, 1.165) is 0 Å². The lowest BCUT2D eigenvalue weighted by molar-refractivity contribution is -0.137. The fraction of sp³-hybridized carbons (Fsp3) is 0.400. The fourth-order valence-corrected chi connectivity index (χ4v) is 2.23. The molecule has 0 aliphatic heterocycles. The summed E-state index contributed by atoms with van der Waals surface area (Å²) < 4.78 is 5.26. The molecule has 0 radical (unpaired) electrons. The molecule has 0 spiro atoms. The average Bonchev–Trinajstić information content (AvgIpc) is 2.51. The van der Waals surface area contributed by atoms with Crippen LogP contribution in [0.2, 0.25) is 0 Å². The molecular weight excluding hydrogens is 290 g/mol. The van der Waals surface area contributed by atoms with Gasteiger partial charge in [-0.3, -0.25) is 4.79 Å². The van der Waals surface area contributed by atoms with Crippen molar-refractivity contribution in [2.45, 2.75) is 12.8 Å². The van der Waals surface area contributed by atoms with Crippen LogP contribution in [0.25, 0.3) is 0 Å². The van der Waals surface area contributed by atoms with Gasteiger partial charge in [0.25, 0.3) is 0 Å². The molecule has 0 aliphatic carbocycles. The van der Waals surface area contributed by atoms with E-state index in [2.05, 4.69) is 6.07 Å². The lowest BCUT2D eigenvalue weighted by Crippen LogP contribution is -2.35. The van der Waals surface area contributed by atoms with Crippen LogP contribution < -0.4 is 0 Å². The number of carboxylic acid groups (broad SMARTS) is 1. The van der Waals surface area contributed by atoms with Crippen LogP contribution in [-0.4, -0.2) is 40.9 Å². The predicted octanol–water partition coefficient (Wildman–Crippen LogP) is 1.79. The Morgan fingerprint density at radius 3 is 2.57 bits per heavy atom. The maximum atomic E-state index is 10.8. The van der Waals surface area contributed by atoms with Gasteiger partial charge in [0.2, 0.25) is 0 Å². The molecule has 0 aromatic heterocycles. The first-order valence-corrected chi connectivity index (χ1v) is 6.88. The average molecular weight is 307 g/mol. The summed E-state index contributed by atoms with van der Waals surface area (Å²) in [6.45, 7) is -0.127. The Hall–Kier alpha value is -1.81. The van der Waals surface area contributed by atoms with Gasteiger partial charge in [-0.15, -0.1) is 0 Å². The number of rotatable bonds is 9. The lowest BCUT2D eigenvalue weighted by atomic mass is 9.79. The normalized spacial score (nSPS) is 13.1. The SMILES string of the molecule is N#CC(CCC(=O)O)(COCCO)C(=S)c1ccccc1. The van der Waals surface area contributed by atoms with E-state index in [1.807, 2.05) is 6.07 Å². The van der Waals surface area contributed by atoms with Crippen LogP contribution in [0.15, 0.2) is 30.3 Å². The number of benzene rings is 1. The zero-order chi connectivity index (χ0) is 15.7. The molecule has 0 amide bonds. The molecule has 1 rings (SSSR count). The second-order valence-electron chi connectivity index (χ2n) is 4.56. The van der Waals surface area contributed by atoms with Crippen LogP contribution in [-0.2, 0) is 9.53 Å². The Labute approximate surface area is 128 Å². The van der Waals surface area contributed by atoms with Gasteiger partial charge in [-0.2, -0.15) is 5.26 Å². The summed E-state index contributed by atoms with van der Waals surface area (Å²) in [7, 11) is 0. The second kappa shape index (κ2) is 8.47. The zero-order valence-electron chi connectivity index (χ0n) is 11.5. The van der Waals surface area contributed by atoms with Crippen molar-refractivity contribution >= 4 is 23.1 Å². The predicted molar refractivity (Wildman–Crippen MR) is 81.0 cm³/mol. The monoisotopic (exact) mass is 307 g/mol. The summed E-state index contributed by atoms with van der Waals surface area (Å²) >= 11 is 5.40. The quantitative estimate of drug-likeness (QED) is 0.410. The molecular formula is C15H17NO4S. The van der Waals surface area contributed by atoms with Gasteiger partial charge in [0.15, 0.2) is 0 Å². The van der Waals surface area contributed by atoms with Crippen LogP contribution >= 0.6 is 12.2 Å². The first-order valence-electron chi connectivity index (χ1n) is 6.47. The third kappa shape index (κ3) is 4.90. The van der Waals surface area contributed by atoms with Gasteiger partial charge in [0, 0.05) is 11.3 Å². The maximum absolute atomic E-state index is 10.8. The molecule has 0 bridgehead atoms. The first-order chi connectivity index (χ1) is 10.1. The summed E-state index contributed by atoms with van der Waals surface area (Å²) in [6.07, 6.45) is -0.110. The minimum absolute atomic E-state index is 0.0366. The molecule has 5 nitrogen and oxygen atoms in total. The molecule has 0 heterocycles. The van der Waals surface area contributed by atoms with Crippen molar-refractivity contribution < 1.29 is 19.7 Å². The highest BCUT2D eigenvalue weighted by molar-refractivity contribution is 7.81. The van der Waals surface area contributed by atoms with Gasteiger partial charge in [0.05, 0.1) is 25.9 Å². The summed E-state index contributed by atoms with van der Waals surface area (Å²) in [5.74, 6) is -0.993. The smallest absolute Gasteiger partial charge is 0.303 e. The van der Waals surface area contributed by atoms with E-state index >= 15 is 0 Å². The highest BCUT2D eigenvalue weighted by Crippen LogP contribution is 2.30. The van der Waals surface area contributed by atoms with Gasteiger partial charge in [-0.05, 0) is 12.0 Å². The number of carbonyl (C=O) groups is 1. The molecule has 0 saturated heterocycles. The van der Waals surface area contributed by atoms with E-state index in [1.165, 1.54) is 0 Å². The number of thiocarbonyl (C=S) groups is 1. The van der Waals surface area contributed by atoms with E-state index in [-0.39, 0.29) is 32.7 Å². The maximum Gasteiger partial charge on any atom is 0.303 e. The van der Waals surface area contributed by atoms with Gasteiger partial charge in [-0.1, -0.05) is 42.5 Å². The van der Waals surface area contributed by atoms with Crippen molar-refractivity contribution in [3.05, 3.63) is 35.9 Å². The summed E-state index contributed by atoms with van der Waals surface area (Å²) in [6, 6.07) is 11.1. The number of carboxylic acids is 1. The van der Waals surface area contributed by atoms with Gasteiger partial charge >= 0.3 is 5.97 Å². The molecule has 21 heavy (non-hydrogen) atoms. The Morgan fingerprint density at radius 1 is 1.38 bits per heavy atom. The van der Waals surface area contributed by atoms with Crippen molar-refractivity contribution in [1.29, 1.82) is 5.26 Å². The van der Waals surface area contributed by atoms with Gasteiger partial charge in [-0.25, -0.2) is 0 Å². The van der Waals surface area contributed by atoms with E-state index in [0.29, 0.717) is 10.4 Å². The minimum atomic E-state index is -1.19. The van der Waals surface area contributed by atoms with Crippen LogP contribution in [0.3, 0.4) is 0 Å². The van der Waals surface area contributed by atoms with Crippen molar-refractivity contribution in [2.75, 3.05) is 19.8 Å². The minimum Gasteiger partial charge on any atom is -0.481 e. The summed E-state index contributed by atoms with van der Waals surface area (Å²) in [5.41, 5.74) is -0.489.